The third kappa shape index (κ3) is 5.51. The van der Waals surface area contributed by atoms with E-state index in [4.69, 9.17) is 0 Å². The van der Waals surface area contributed by atoms with E-state index in [1.54, 1.807) is 30.5 Å². The molecule has 2 aromatic rings. The van der Waals surface area contributed by atoms with E-state index in [0.29, 0.717) is 11.5 Å². The molecular weight excluding hydrogens is 306 g/mol. The smallest absolute Gasteiger partial charge is 0.337 e. The van der Waals surface area contributed by atoms with Crippen LogP contribution in [-0.4, -0.2) is 55.1 Å². The van der Waals surface area contributed by atoms with Crippen molar-refractivity contribution in [3.05, 3.63) is 42.1 Å². The minimum atomic E-state index is -0.360. The maximum atomic E-state index is 11.4. The van der Waals surface area contributed by atoms with Crippen molar-refractivity contribution < 1.29 is 9.53 Å². The number of nitrogens with one attached hydrogen (secondary N) is 2. The third-order valence-electron chi connectivity index (χ3n) is 3.31. The van der Waals surface area contributed by atoms with Gasteiger partial charge in [0.2, 0.25) is 5.95 Å². The minimum absolute atomic E-state index is 0.360. The summed E-state index contributed by atoms with van der Waals surface area (Å²) in [4.78, 5) is 22.2. The summed E-state index contributed by atoms with van der Waals surface area (Å²) in [6.45, 7) is 1.87. The molecule has 0 amide bonds. The molecule has 2 rings (SSSR count). The van der Waals surface area contributed by atoms with Gasteiger partial charge < -0.3 is 20.3 Å². The summed E-state index contributed by atoms with van der Waals surface area (Å²) in [7, 11) is 5.47. The van der Waals surface area contributed by atoms with E-state index in [9.17, 15) is 4.79 Å². The van der Waals surface area contributed by atoms with Crippen molar-refractivity contribution in [2.24, 2.45) is 0 Å². The van der Waals surface area contributed by atoms with Crippen LogP contribution in [-0.2, 0) is 4.74 Å². The predicted molar refractivity (Wildman–Crippen MR) is 94.8 cm³/mol. The quantitative estimate of drug-likeness (QED) is 0.568. The molecule has 0 saturated heterocycles. The van der Waals surface area contributed by atoms with Gasteiger partial charge in [-0.15, -0.1) is 0 Å². The number of hydrogen-bond acceptors (Lipinski definition) is 7. The second-order valence-corrected chi connectivity index (χ2v) is 5.54. The summed E-state index contributed by atoms with van der Waals surface area (Å²) in [6.07, 6.45) is 2.74. The van der Waals surface area contributed by atoms with Gasteiger partial charge in [0.1, 0.15) is 5.82 Å². The highest BCUT2D eigenvalue weighted by Gasteiger charge is 2.05. The summed E-state index contributed by atoms with van der Waals surface area (Å²) >= 11 is 0. The zero-order valence-corrected chi connectivity index (χ0v) is 14.2. The Labute approximate surface area is 142 Å². The van der Waals surface area contributed by atoms with Gasteiger partial charge in [0.15, 0.2) is 0 Å². The number of carbonyl (C=O) groups excluding carboxylic acids is 1. The van der Waals surface area contributed by atoms with Crippen molar-refractivity contribution in [3.8, 4) is 0 Å². The number of rotatable bonds is 8. The Morgan fingerprint density at radius 1 is 1.21 bits per heavy atom. The van der Waals surface area contributed by atoms with Gasteiger partial charge in [-0.2, -0.15) is 4.98 Å². The van der Waals surface area contributed by atoms with E-state index < -0.39 is 0 Å². The monoisotopic (exact) mass is 329 g/mol. The van der Waals surface area contributed by atoms with Crippen LogP contribution in [0.2, 0.25) is 0 Å². The second kappa shape index (κ2) is 8.83. The molecule has 1 heterocycles. The third-order valence-corrected chi connectivity index (χ3v) is 3.31. The summed E-state index contributed by atoms with van der Waals surface area (Å²) in [5.74, 6) is 0.914. The SMILES string of the molecule is COC(=O)c1ccc(Nc2nccc(NCCCN(C)C)n2)cc1. The number of methoxy groups -OCH3 is 1. The molecule has 7 nitrogen and oxygen atoms in total. The normalized spacial score (nSPS) is 10.5. The number of carbonyl (C=O) groups is 1. The lowest BCUT2D eigenvalue weighted by molar-refractivity contribution is 0.0601. The average Bonchev–Trinajstić information content (AvgIpc) is 2.59. The maximum absolute atomic E-state index is 11.4. The molecular formula is C17H23N5O2. The Morgan fingerprint density at radius 2 is 1.96 bits per heavy atom. The standard InChI is InChI=1S/C17H23N5O2/c1-22(2)12-4-10-18-15-9-11-19-17(21-15)20-14-7-5-13(6-8-14)16(23)24-3/h5-9,11H,4,10,12H2,1-3H3,(H2,18,19,20,21). The predicted octanol–water partition coefficient (Wildman–Crippen LogP) is 2.37. The van der Waals surface area contributed by atoms with E-state index >= 15 is 0 Å². The van der Waals surface area contributed by atoms with E-state index in [0.717, 1.165) is 31.0 Å². The van der Waals surface area contributed by atoms with Crippen LogP contribution in [0.5, 0.6) is 0 Å². The van der Waals surface area contributed by atoms with Crippen LogP contribution in [0.3, 0.4) is 0 Å². The molecule has 128 valence electrons. The van der Waals surface area contributed by atoms with Crippen LogP contribution in [0.25, 0.3) is 0 Å². The largest absolute Gasteiger partial charge is 0.465 e. The zero-order chi connectivity index (χ0) is 17.4. The van der Waals surface area contributed by atoms with Gasteiger partial charge in [0, 0.05) is 18.4 Å². The number of nitrogens with zero attached hydrogens (tertiary/aromatic N) is 3. The summed E-state index contributed by atoms with van der Waals surface area (Å²) < 4.78 is 4.68. The molecule has 0 aliphatic carbocycles. The van der Waals surface area contributed by atoms with E-state index in [-0.39, 0.29) is 5.97 Å². The van der Waals surface area contributed by atoms with Crippen LogP contribution in [0.1, 0.15) is 16.8 Å². The van der Waals surface area contributed by atoms with Crippen LogP contribution in [0.4, 0.5) is 17.5 Å². The van der Waals surface area contributed by atoms with Crippen molar-refractivity contribution >= 4 is 23.4 Å². The lowest BCUT2D eigenvalue weighted by Gasteiger charge is -2.11. The van der Waals surface area contributed by atoms with Gasteiger partial charge in [0.25, 0.3) is 0 Å². The van der Waals surface area contributed by atoms with Crippen molar-refractivity contribution in [3.63, 3.8) is 0 Å². The fourth-order valence-corrected chi connectivity index (χ4v) is 2.07. The van der Waals surface area contributed by atoms with Crippen molar-refractivity contribution in [1.82, 2.24) is 14.9 Å². The molecule has 0 aliphatic heterocycles. The maximum Gasteiger partial charge on any atom is 0.337 e. The molecule has 7 heteroatoms. The van der Waals surface area contributed by atoms with E-state index in [2.05, 4.69) is 44.3 Å². The number of anilines is 3. The van der Waals surface area contributed by atoms with E-state index in [1.165, 1.54) is 7.11 Å². The average molecular weight is 329 g/mol. The first kappa shape index (κ1) is 17.7. The first-order valence-corrected chi connectivity index (χ1v) is 7.75. The van der Waals surface area contributed by atoms with Crippen LogP contribution < -0.4 is 10.6 Å². The molecule has 0 aliphatic rings. The van der Waals surface area contributed by atoms with Crippen molar-refractivity contribution in [2.75, 3.05) is 44.9 Å². The molecule has 1 aromatic carbocycles. The Morgan fingerprint density at radius 3 is 2.62 bits per heavy atom. The summed E-state index contributed by atoms with van der Waals surface area (Å²) in [5.41, 5.74) is 1.30. The highest BCUT2D eigenvalue weighted by Crippen LogP contribution is 2.15. The zero-order valence-electron chi connectivity index (χ0n) is 14.2. The molecule has 0 bridgehead atoms. The Hall–Kier alpha value is -2.67. The highest BCUT2D eigenvalue weighted by molar-refractivity contribution is 5.89. The fraction of sp³-hybridized carbons (Fsp3) is 0.353. The Kier molecular flexibility index (Phi) is 6.51. The fourth-order valence-electron chi connectivity index (χ4n) is 2.07. The molecule has 1 aromatic heterocycles. The van der Waals surface area contributed by atoms with Gasteiger partial charge in [-0.1, -0.05) is 0 Å². The second-order valence-electron chi connectivity index (χ2n) is 5.54. The number of hydrogen-bond donors (Lipinski definition) is 2. The Balaban J connectivity index is 1.92. The summed E-state index contributed by atoms with van der Waals surface area (Å²) in [6, 6.07) is 8.79. The Bertz CT molecular complexity index is 658. The van der Waals surface area contributed by atoms with Gasteiger partial charge in [-0.25, -0.2) is 9.78 Å². The molecule has 24 heavy (non-hydrogen) atoms. The highest BCUT2D eigenvalue weighted by atomic mass is 16.5. The van der Waals surface area contributed by atoms with Crippen LogP contribution in [0, 0.1) is 0 Å². The number of aromatic nitrogens is 2. The number of ether oxygens (including phenoxy) is 1. The molecule has 0 saturated carbocycles. The minimum Gasteiger partial charge on any atom is -0.465 e. The molecule has 2 N–H and O–H groups in total. The molecule has 0 radical (unpaired) electrons. The molecule has 0 atom stereocenters. The van der Waals surface area contributed by atoms with E-state index in [1.807, 2.05) is 6.07 Å². The van der Waals surface area contributed by atoms with Gasteiger partial charge in [0.05, 0.1) is 12.7 Å². The van der Waals surface area contributed by atoms with Gasteiger partial charge >= 0.3 is 5.97 Å². The number of esters is 1. The van der Waals surface area contributed by atoms with Gasteiger partial charge in [-0.3, -0.25) is 0 Å². The van der Waals surface area contributed by atoms with Crippen LogP contribution >= 0.6 is 0 Å². The molecule has 0 unspecified atom stereocenters. The van der Waals surface area contributed by atoms with Crippen molar-refractivity contribution in [1.29, 1.82) is 0 Å². The molecule has 0 spiro atoms. The number of benzene rings is 1. The first-order valence-electron chi connectivity index (χ1n) is 7.75. The summed E-state index contributed by atoms with van der Waals surface area (Å²) in [5, 5.41) is 6.39. The van der Waals surface area contributed by atoms with Gasteiger partial charge in [-0.05, 0) is 57.4 Å². The first-order chi connectivity index (χ1) is 11.6. The topological polar surface area (TPSA) is 79.4 Å². The lowest BCUT2D eigenvalue weighted by atomic mass is 10.2. The van der Waals surface area contributed by atoms with Crippen molar-refractivity contribution in [2.45, 2.75) is 6.42 Å². The lowest BCUT2D eigenvalue weighted by Crippen LogP contribution is -2.16. The van der Waals surface area contributed by atoms with Crippen LogP contribution in [0.15, 0.2) is 36.5 Å². The molecule has 0 fully saturated rings.